The van der Waals surface area contributed by atoms with Crippen molar-refractivity contribution in [2.75, 3.05) is 0 Å². The van der Waals surface area contributed by atoms with Gasteiger partial charge in [-0.25, -0.2) is 0 Å². The smallest absolute Gasteiger partial charge is 0.120 e. The van der Waals surface area contributed by atoms with Gasteiger partial charge in [0, 0.05) is 28.9 Å². The minimum atomic E-state index is -0.732. The first kappa shape index (κ1) is 11.5. The van der Waals surface area contributed by atoms with Gasteiger partial charge >= 0.3 is 0 Å². The molecule has 1 aromatic heterocycles. The van der Waals surface area contributed by atoms with Crippen LogP contribution >= 0.6 is 23.2 Å². The molecule has 1 aromatic carbocycles. The number of benzene rings is 1. The van der Waals surface area contributed by atoms with E-state index in [0.717, 1.165) is 5.69 Å². The normalized spacial score (nSPS) is 12.8. The molecule has 2 aromatic rings. The summed E-state index contributed by atoms with van der Waals surface area (Å²) in [5, 5.41) is 11.2. The molecule has 1 heterocycles. The first-order chi connectivity index (χ1) is 7.59. The van der Waals surface area contributed by atoms with Crippen LogP contribution in [0, 0.1) is 0 Å². The number of aliphatic hydroxyl groups excluding tert-OH is 1. The third kappa shape index (κ3) is 2.09. The summed E-state index contributed by atoms with van der Waals surface area (Å²) in [6, 6.07) is 8.82. The van der Waals surface area contributed by atoms with Gasteiger partial charge in [0.1, 0.15) is 6.10 Å². The van der Waals surface area contributed by atoms with Gasteiger partial charge in [0.05, 0.1) is 5.69 Å². The van der Waals surface area contributed by atoms with Crippen molar-refractivity contribution in [1.29, 1.82) is 0 Å². The predicted octanol–water partition coefficient (Wildman–Crippen LogP) is 3.41. The van der Waals surface area contributed by atoms with Crippen molar-refractivity contribution in [3.8, 4) is 0 Å². The molecule has 0 aliphatic rings. The maximum atomic E-state index is 10.2. The van der Waals surface area contributed by atoms with Crippen LogP contribution in [0.2, 0.25) is 10.0 Å². The average Bonchev–Trinajstić information content (AvgIpc) is 2.63. The highest BCUT2D eigenvalue weighted by atomic mass is 35.5. The maximum Gasteiger partial charge on any atom is 0.120 e. The Bertz CT molecular complexity index is 507. The van der Waals surface area contributed by atoms with Crippen molar-refractivity contribution in [3.05, 3.63) is 57.8 Å². The van der Waals surface area contributed by atoms with Gasteiger partial charge in [-0.2, -0.15) is 0 Å². The van der Waals surface area contributed by atoms with Crippen LogP contribution in [0.3, 0.4) is 0 Å². The first-order valence-corrected chi connectivity index (χ1v) is 5.59. The summed E-state index contributed by atoms with van der Waals surface area (Å²) in [6.45, 7) is 0. The van der Waals surface area contributed by atoms with E-state index in [2.05, 4.69) is 0 Å². The Kier molecular flexibility index (Phi) is 3.24. The summed E-state index contributed by atoms with van der Waals surface area (Å²) >= 11 is 11.8. The minimum absolute atomic E-state index is 0.473. The molecule has 4 heteroatoms. The number of aromatic nitrogens is 1. The minimum Gasteiger partial charge on any atom is -0.382 e. The van der Waals surface area contributed by atoms with Gasteiger partial charge < -0.3 is 9.67 Å². The molecule has 1 atom stereocenters. The number of nitrogens with zero attached hydrogens (tertiary/aromatic N) is 1. The van der Waals surface area contributed by atoms with Crippen LogP contribution in [-0.4, -0.2) is 9.67 Å². The standard InChI is InChI=1S/C12H11Cl2NO/c1-15-6-2-3-11(15)12(16)9-5-4-8(13)7-10(9)14/h2-7,12,16H,1H3. The molecule has 1 N–H and O–H groups in total. The van der Waals surface area contributed by atoms with Crippen molar-refractivity contribution < 1.29 is 5.11 Å². The van der Waals surface area contributed by atoms with Crippen molar-refractivity contribution in [2.45, 2.75) is 6.10 Å². The van der Waals surface area contributed by atoms with E-state index in [4.69, 9.17) is 23.2 Å². The van der Waals surface area contributed by atoms with E-state index in [1.54, 1.807) is 18.2 Å². The van der Waals surface area contributed by atoms with Crippen LogP contribution in [0.1, 0.15) is 17.4 Å². The topological polar surface area (TPSA) is 25.2 Å². The highest BCUT2D eigenvalue weighted by molar-refractivity contribution is 6.35. The fraction of sp³-hybridized carbons (Fsp3) is 0.167. The van der Waals surface area contributed by atoms with Crippen LogP contribution in [0.25, 0.3) is 0 Å². The molecule has 0 radical (unpaired) electrons. The van der Waals surface area contributed by atoms with E-state index in [1.165, 1.54) is 0 Å². The Morgan fingerprint density at radius 3 is 2.56 bits per heavy atom. The van der Waals surface area contributed by atoms with Gasteiger partial charge in [0.2, 0.25) is 0 Å². The maximum absolute atomic E-state index is 10.2. The van der Waals surface area contributed by atoms with Crippen LogP contribution in [0.15, 0.2) is 36.5 Å². The Morgan fingerprint density at radius 2 is 2.00 bits per heavy atom. The van der Waals surface area contributed by atoms with E-state index < -0.39 is 6.10 Å². The van der Waals surface area contributed by atoms with E-state index in [0.29, 0.717) is 15.6 Å². The average molecular weight is 256 g/mol. The van der Waals surface area contributed by atoms with E-state index in [1.807, 2.05) is 29.9 Å². The molecule has 84 valence electrons. The van der Waals surface area contributed by atoms with Crippen molar-refractivity contribution in [2.24, 2.45) is 7.05 Å². The molecule has 0 saturated carbocycles. The zero-order chi connectivity index (χ0) is 11.7. The summed E-state index contributed by atoms with van der Waals surface area (Å²) in [6.07, 6.45) is 1.15. The molecule has 1 unspecified atom stereocenters. The van der Waals surface area contributed by atoms with Crippen molar-refractivity contribution in [3.63, 3.8) is 0 Å². The van der Waals surface area contributed by atoms with Crippen molar-refractivity contribution >= 4 is 23.2 Å². The molecule has 0 aliphatic carbocycles. The highest BCUT2D eigenvalue weighted by Gasteiger charge is 2.16. The Labute approximate surface area is 104 Å². The molecule has 0 fully saturated rings. The van der Waals surface area contributed by atoms with Crippen LogP contribution in [0.5, 0.6) is 0 Å². The number of aryl methyl sites for hydroxylation is 1. The molecular formula is C12H11Cl2NO. The molecule has 0 saturated heterocycles. The van der Waals surface area contributed by atoms with E-state index in [-0.39, 0.29) is 0 Å². The zero-order valence-corrected chi connectivity index (χ0v) is 10.2. The Morgan fingerprint density at radius 1 is 1.25 bits per heavy atom. The fourth-order valence-corrected chi connectivity index (χ4v) is 2.15. The molecule has 0 aliphatic heterocycles. The Hall–Kier alpha value is -0.960. The molecule has 0 bridgehead atoms. The summed E-state index contributed by atoms with van der Waals surface area (Å²) in [5.74, 6) is 0. The third-order valence-corrected chi connectivity index (χ3v) is 3.08. The fourth-order valence-electron chi connectivity index (χ4n) is 1.64. The van der Waals surface area contributed by atoms with E-state index in [9.17, 15) is 5.11 Å². The third-order valence-electron chi connectivity index (χ3n) is 2.52. The second-order valence-electron chi connectivity index (χ2n) is 3.61. The number of hydrogen-bond acceptors (Lipinski definition) is 1. The highest BCUT2D eigenvalue weighted by Crippen LogP contribution is 2.30. The lowest BCUT2D eigenvalue weighted by Gasteiger charge is -2.14. The molecule has 2 rings (SSSR count). The van der Waals surface area contributed by atoms with Gasteiger partial charge in [0.15, 0.2) is 0 Å². The predicted molar refractivity (Wildman–Crippen MR) is 65.9 cm³/mol. The largest absolute Gasteiger partial charge is 0.382 e. The number of aliphatic hydroxyl groups is 1. The van der Waals surface area contributed by atoms with E-state index >= 15 is 0 Å². The van der Waals surface area contributed by atoms with Gasteiger partial charge in [-0.15, -0.1) is 0 Å². The van der Waals surface area contributed by atoms with Gasteiger partial charge in [-0.05, 0) is 24.3 Å². The summed E-state index contributed by atoms with van der Waals surface area (Å²) < 4.78 is 1.86. The molecule has 2 nitrogen and oxygen atoms in total. The summed E-state index contributed by atoms with van der Waals surface area (Å²) in [5.41, 5.74) is 1.46. The molecular weight excluding hydrogens is 245 g/mol. The van der Waals surface area contributed by atoms with Gasteiger partial charge in [-0.1, -0.05) is 29.3 Å². The summed E-state index contributed by atoms with van der Waals surface area (Å²) in [4.78, 5) is 0. The van der Waals surface area contributed by atoms with Crippen LogP contribution in [0.4, 0.5) is 0 Å². The second-order valence-corrected chi connectivity index (χ2v) is 4.46. The first-order valence-electron chi connectivity index (χ1n) is 4.84. The molecule has 0 spiro atoms. The zero-order valence-electron chi connectivity index (χ0n) is 8.69. The number of halogens is 2. The quantitative estimate of drug-likeness (QED) is 0.875. The van der Waals surface area contributed by atoms with Crippen LogP contribution < -0.4 is 0 Å². The van der Waals surface area contributed by atoms with Crippen LogP contribution in [-0.2, 0) is 7.05 Å². The molecule has 16 heavy (non-hydrogen) atoms. The lowest BCUT2D eigenvalue weighted by atomic mass is 10.1. The number of hydrogen-bond donors (Lipinski definition) is 1. The Balaban J connectivity index is 2.41. The lowest BCUT2D eigenvalue weighted by Crippen LogP contribution is -2.05. The SMILES string of the molecule is Cn1cccc1C(O)c1ccc(Cl)cc1Cl. The van der Waals surface area contributed by atoms with Crippen molar-refractivity contribution in [1.82, 2.24) is 4.57 Å². The number of rotatable bonds is 2. The van der Waals surface area contributed by atoms with Gasteiger partial charge in [0.25, 0.3) is 0 Å². The summed E-state index contributed by atoms with van der Waals surface area (Å²) in [7, 11) is 1.88. The van der Waals surface area contributed by atoms with Gasteiger partial charge in [-0.3, -0.25) is 0 Å². The molecule has 0 amide bonds. The second kappa shape index (κ2) is 4.50. The monoisotopic (exact) mass is 255 g/mol. The lowest BCUT2D eigenvalue weighted by molar-refractivity contribution is 0.211.